The topological polar surface area (TPSA) is 111 Å². The number of rotatable bonds is 4. The zero-order valence-electron chi connectivity index (χ0n) is 11.2. The first-order valence-electron chi connectivity index (χ1n) is 5.94. The molecule has 0 amide bonds. The van der Waals surface area contributed by atoms with Crippen molar-refractivity contribution in [2.75, 3.05) is 5.32 Å². The Morgan fingerprint density at radius 3 is 2.62 bits per heavy atom. The fourth-order valence-corrected chi connectivity index (χ4v) is 2.45. The molecule has 6 nitrogen and oxygen atoms in total. The lowest BCUT2D eigenvalue weighted by Crippen LogP contribution is -2.12. The molecule has 0 unspecified atom stereocenters. The number of benzene rings is 1. The Hall–Kier alpha value is -2.03. The summed E-state index contributed by atoms with van der Waals surface area (Å²) in [5, 5.41) is 8.11. The van der Waals surface area contributed by atoms with Crippen molar-refractivity contribution in [3.63, 3.8) is 0 Å². The van der Waals surface area contributed by atoms with Crippen LogP contribution in [-0.2, 0) is 10.0 Å². The van der Waals surface area contributed by atoms with Crippen LogP contribution >= 0.6 is 12.2 Å². The largest absolute Gasteiger partial charge is 0.389 e. The van der Waals surface area contributed by atoms with Gasteiger partial charge in [-0.2, -0.15) is 0 Å². The van der Waals surface area contributed by atoms with Crippen LogP contribution in [0.3, 0.4) is 0 Å². The first kappa shape index (κ1) is 15.4. The van der Waals surface area contributed by atoms with E-state index in [-0.39, 0.29) is 9.88 Å². The maximum atomic E-state index is 11.3. The maximum absolute atomic E-state index is 11.3. The SMILES string of the molecule is Cc1cc(C(N)=S)cc(Nc2cccc(S(N)(=O)=O)c2)n1. The molecule has 0 aliphatic rings. The number of sulfonamides is 1. The van der Waals surface area contributed by atoms with Gasteiger partial charge in [0.2, 0.25) is 10.0 Å². The average molecular weight is 322 g/mol. The Balaban J connectivity index is 2.37. The molecule has 1 aromatic carbocycles. The molecule has 110 valence electrons. The molecule has 0 atom stereocenters. The van der Waals surface area contributed by atoms with Crippen molar-refractivity contribution in [3.05, 3.63) is 47.7 Å². The quantitative estimate of drug-likeness (QED) is 0.734. The van der Waals surface area contributed by atoms with Gasteiger partial charge in [-0.3, -0.25) is 0 Å². The molecule has 2 aromatic rings. The van der Waals surface area contributed by atoms with Crippen molar-refractivity contribution in [2.24, 2.45) is 10.9 Å². The van der Waals surface area contributed by atoms with Crippen LogP contribution in [0.4, 0.5) is 11.5 Å². The lowest BCUT2D eigenvalue weighted by Gasteiger charge is -2.09. The van der Waals surface area contributed by atoms with E-state index in [2.05, 4.69) is 10.3 Å². The summed E-state index contributed by atoms with van der Waals surface area (Å²) in [5.41, 5.74) is 7.58. The van der Waals surface area contributed by atoms with Crippen molar-refractivity contribution in [3.8, 4) is 0 Å². The number of hydrogen-bond donors (Lipinski definition) is 3. The predicted molar refractivity (Wildman–Crippen MR) is 86.0 cm³/mol. The summed E-state index contributed by atoms with van der Waals surface area (Å²) in [5.74, 6) is 0.518. The van der Waals surface area contributed by atoms with Crippen molar-refractivity contribution in [1.29, 1.82) is 0 Å². The highest BCUT2D eigenvalue weighted by atomic mass is 32.2. The molecule has 0 bridgehead atoms. The van der Waals surface area contributed by atoms with Gasteiger partial charge >= 0.3 is 0 Å². The van der Waals surface area contributed by atoms with E-state index >= 15 is 0 Å². The molecule has 21 heavy (non-hydrogen) atoms. The minimum atomic E-state index is -3.75. The van der Waals surface area contributed by atoms with E-state index in [1.54, 1.807) is 24.3 Å². The Morgan fingerprint density at radius 1 is 1.29 bits per heavy atom. The Bertz CT molecular complexity index is 804. The van der Waals surface area contributed by atoms with Gasteiger partial charge in [-0.05, 0) is 37.3 Å². The number of pyridine rings is 1. The third kappa shape index (κ3) is 3.97. The van der Waals surface area contributed by atoms with E-state index in [0.29, 0.717) is 17.1 Å². The molecule has 0 saturated carbocycles. The summed E-state index contributed by atoms with van der Waals surface area (Å²) in [6.07, 6.45) is 0. The van der Waals surface area contributed by atoms with Crippen LogP contribution in [0.1, 0.15) is 11.3 Å². The minimum Gasteiger partial charge on any atom is -0.389 e. The first-order chi connectivity index (χ1) is 9.75. The van der Waals surface area contributed by atoms with Gasteiger partial charge < -0.3 is 11.1 Å². The second kappa shape index (κ2) is 5.76. The van der Waals surface area contributed by atoms with Gasteiger partial charge in [0.05, 0.1) is 4.90 Å². The van der Waals surface area contributed by atoms with E-state index < -0.39 is 10.0 Å². The molecule has 1 aromatic heterocycles. The van der Waals surface area contributed by atoms with Gasteiger partial charge in [-0.1, -0.05) is 18.3 Å². The standard InChI is InChI=1S/C13H14N4O2S2/c1-8-5-9(13(14)20)6-12(16-8)17-10-3-2-4-11(7-10)21(15,18)19/h2-7H,1H3,(H2,14,20)(H,16,17)(H2,15,18,19). The number of primary sulfonamides is 1. The summed E-state index contributed by atoms with van der Waals surface area (Å²) in [7, 11) is -3.75. The highest BCUT2D eigenvalue weighted by Crippen LogP contribution is 2.19. The normalized spacial score (nSPS) is 11.1. The Morgan fingerprint density at radius 2 is 2.00 bits per heavy atom. The fraction of sp³-hybridized carbons (Fsp3) is 0.0769. The van der Waals surface area contributed by atoms with Crippen LogP contribution in [-0.4, -0.2) is 18.4 Å². The molecule has 0 saturated heterocycles. The predicted octanol–water partition coefficient (Wildman–Crippen LogP) is 1.42. The Kier molecular flexibility index (Phi) is 4.21. The molecule has 0 fully saturated rings. The van der Waals surface area contributed by atoms with E-state index in [0.717, 1.165) is 5.69 Å². The first-order valence-corrected chi connectivity index (χ1v) is 7.89. The van der Waals surface area contributed by atoms with Gasteiger partial charge in [0.15, 0.2) is 0 Å². The minimum absolute atomic E-state index is 0.0229. The third-order valence-electron chi connectivity index (χ3n) is 2.67. The average Bonchev–Trinajstić information content (AvgIpc) is 2.37. The van der Waals surface area contributed by atoms with Crippen LogP contribution in [0, 0.1) is 6.92 Å². The summed E-state index contributed by atoms with van der Waals surface area (Å²) in [6, 6.07) is 9.61. The zero-order valence-corrected chi connectivity index (χ0v) is 12.8. The fourth-order valence-electron chi connectivity index (χ4n) is 1.77. The molecule has 1 heterocycles. The molecular formula is C13H14N4O2S2. The molecule has 0 spiro atoms. The van der Waals surface area contributed by atoms with Gasteiger partial charge in [0.1, 0.15) is 10.8 Å². The highest BCUT2D eigenvalue weighted by Gasteiger charge is 2.09. The molecular weight excluding hydrogens is 308 g/mol. The summed E-state index contributed by atoms with van der Waals surface area (Å²) in [6.45, 7) is 1.81. The van der Waals surface area contributed by atoms with Crippen molar-refractivity contribution in [1.82, 2.24) is 4.98 Å². The lowest BCUT2D eigenvalue weighted by atomic mass is 10.2. The van der Waals surface area contributed by atoms with Crippen LogP contribution in [0.5, 0.6) is 0 Å². The summed E-state index contributed by atoms with van der Waals surface area (Å²) in [4.78, 5) is 4.58. The van der Waals surface area contributed by atoms with Gasteiger partial charge in [0.25, 0.3) is 0 Å². The molecule has 0 aliphatic heterocycles. The molecule has 8 heteroatoms. The van der Waals surface area contributed by atoms with E-state index in [4.69, 9.17) is 23.1 Å². The smallest absolute Gasteiger partial charge is 0.238 e. The second-order valence-electron chi connectivity index (χ2n) is 4.44. The molecule has 2 rings (SSSR count). The van der Waals surface area contributed by atoms with Gasteiger partial charge in [-0.15, -0.1) is 0 Å². The van der Waals surface area contributed by atoms with E-state index in [1.807, 2.05) is 6.92 Å². The Labute approximate surface area is 128 Å². The van der Waals surface area contributed by atoms with E-state index in [1.165, 1.54) is 12.1 Å². The van der Waals surface area contributed by atoms with Crippen LogP contribution in [0.25, 0.3) is 0 Å². The van der Waals surface area contributed by atoms with Crippen LogP contribution < -0.4 is 16.2 Å². The number of anilines is 2. The number of thiocarbonyl (C=S) groups is 1. The number of aromatic nitrogens is 1. The number of hydrogen-bond acceptors (Lipinski definition) is 5. The lowest BCUT2D eigenvalue weighted by molar-refractivity contribution is 0.598. The number of nitrogens with two attached hydrogens (primary N) is 2. The highest BCUT2D eigenvalue weighted by molar-refractivity contribution is 7.89. The van der Waals surface area contributed by atoms with Crippen LogP contribution in [0.2, 0.25) is 0 Å². The van der Waals surface area contributed by atoms with E-state index in [9.17, 15) is 8.42 Å². The monoisotopic (exact) mass is 322 g/mol. The van der Waals surface area contributed by atoms with Crippen LogP contribution in [0.15, 0.2) is 41.3 Å². The number of nitrogens with zero attached hydrogens (tertiary/aromatic N) is 1. The second-order valence-corrected chi connectivity index (χ2v) is 6.45. The summed E-state index contributed by atoms with van der Waals surface area (Å²) < 4.78 is 22.7. The third-order valence-corrected chi connectivity index (χ3v) is 3.82. The van der Waals surface area contributed by atoms with Gasteiger partial charge in [-0.25, -0.2) is 18.5 Å². The molecule has 0 aliphatic carbocycles. The molecule has 0 radical (unpaired) electrons. The summed E-state index contributed by atoms with van der Waals surface area (Å²) >= 11 is 4.94. The maximum Gasteiger partial charge on any atom is 0.238 e. The zero-order chi connectivity index (χ0) is 15.6. The van der Waals surface area contributed by atoms with Crippen molar-refractivity contribution < 1.29 is 8.42 Å². The van der Waals surface area contributed by atoms with Crippen molar-refractivity contribution in [2.45, 2.75) is 11.8 Å². The number of aryl methyl sites for hydroxylation is 1. The van der Waals surface area contributed by atoms with Crippen molar-refractivity contribution >= 4 is 38.7 Å². The molecule has 5 N–H and O–H groups in total. The number of nitrogens with one attached hydrogen (secondary N) is 1. The van der Waals surface area contributed by atoms with Gasteiger partial charge in [0, 0.05) is 16.9 Å².